The number of nitrogens with one attached hydrogen (secondary N) is 1. The van der Waals surface area contributed by atoms with Crippen molar-refractivity contribution in [2.24, 2.45) is 0 Å². The van der Waals surface area contributed by atoms with Crippen molar-refractivity contribution in [2.45, 2.75) is 51.9 Å². The molecule has 0 saturated heterocycles. The van der Waals surface area contributed by atoms with Crippen LogP contribution in [0.15, 0.2) is 24.3 Å². The molecular formula is C17H22ClNO. The first-order valence-electron chi connectivity index (χ1n) is 7.17. The lowest BCUT2D eigenvalue weighted by Gasteiger charge is -2.05. The smallest absolute Gasteiger partial charge is 0.224 e. The summed E-state index contributed by atoms with van der Waals surface area (Å²) in [6.45, 7) is 1.87. The van der Waals surface area contributed by atoms with E-state index in [0.29, 0.717) is 11.4 Å². The summed E-state index contributed by atoms with van der Waals surface area (Å²) in [6, 6.07) is 7.18. The molecule has 0 saturated carbocycles. The quantitative estimate of drug-likeness (QED) is 0.528. The predicted octanol–water partition coefficient (Wildman–Crippen LogP) is 5.03. The van der Waals surface area contributed by atoms with Crippen LogP contribution in [0, 0.1) is 11.8 Å². The fourth-order valence-electron chi connectivity index (χ4n) is 1.91. The van der Waals surface area contributed by atoms with E-state index < -0.39 is 0 Å². The van der Waals surface area contributed by atoms with E-state index in [1.54, 1.807) is 12.1 Å². The first-order valence-corrected chi connectivity index (χ1v) is 7.55. The van der Waals surface area contributed by atoms with Gasteiger partial charge in [-0.15, -0.1) is 11.8 Å². The van der Waals surface area contributed by atoms with Gasteiger partial charge in [-0.25, -0.2) is 0 Å². The van der Waals surface area contributed by atoms with Crippen molar-refractivity contribution in [2.75, 3.05) is 5.32 Å². The maximum atomic E-state index is 11.7. The Morgan fingerprint density at radius 1 is 1.10 bits per heavy atom. The van der Waals surface area contributed by atoms with Gasteiger partial charge >= 0.3 is 0 Å². The van der Waals surface area contributed by atoms with Crippen LogP contribution in [0.25, 0.3) is 0 Å². The number of hydrogen-bond donors (Lipinski definition) is 1. The Balaban J connectivity index is 2.05. The van der Waals surface area contributed by atoms with Gasteiger partial charge in [-0.3, -0.25) is 4.79 Å². The summed E-state index contributed by atoms with van der Waals surface area (Å²) in [4.78, 5) is 11.7. The third kappa shape index (κ3) is 7.86. The summed E-state index contributed by atoms with van der Waals surface area (Å²) in [5.41, 5.74) is 0.803. The molecule has 1 N–H and O–H groups in total. The normalized spacial score (nSPS) is 9.70. The Hall–Kier alpha value is -1.46. The van der Waals surface area contributed by atoms with Crippen LogP contribution in [0.1, 0.15) is 51.9 Å². The standard InChI is InChI=1S/C17H22ClNO/c1-2-3-4-5-6-7-8-9-10-17(20)19-16-13-11-15(18)12-14-16/h11-14H,4-10H2,1H3,(H,19,20). The van der Waals surface area contributed by atoms with E-state index in [2.05, 4.69) is 17.2 Å². The van der Waals surface area contributed by atoms with Crippen molar-refractivity contribution >= 4 is 23.2 Å². The molecule has 0 aliphatic carbocycles. The topological polar surface area (TPSA) is 29.1 Å². The Kier molecular flexibility index (Phi) is 8.58. The van der Waals surface area contributed by atoms with Gasteiger partial charge in [0.25, 0.3) is 0 Å². The van der Waals surface area contributed by atoms with Crippen molar-refractivity contribution in [1.29, 1.82) is 0 Å². The molecule has 0 aliphatic rings. The Labute approximate surface area is 126 Å². The second-order valence-electron chi connectivity index (χ2n) is 4.75. The van der Waals surface area contributed by atoms with Crippen LogP contribution >= 0.6 is 11.6 Å². The Morgan fingerprint density at radius 2 is 1.75 bits per heavy atom. The fraction of sp³-hybridized carbons (Fsp3) is 0.471. The van der Waals surface area contributed by atoms with Crippen molar-refractivity contribution in [3.8, 4) is 11.8 Å². The molecule has 1 aromatic rings. The molecule has 3 heteroatoms. The number of unbranched alkanes of at least 4 members (excludes halogenated alkanes) is 5. The summed E-state index contributed by atoms with van der Waals surface area (Å²) in [7, 11) is 0. The van der Waals surface area contributed by atoms with Crippen LogP contribution in [0.4, 0.5) is 5.69 Å². The first-order chi connectivity index (χ1) is 9.72. The van der Waals surface area contributed by atoms with E-state index in [0.717, 1.165) is 31.4 Å². The van der Waals surface area contributed by atoms with Gasteiger partial charge in [-0.05, 0) is 44.0 Å². The highest BCUT2D eigenvalue weighted by atomic mass is 35.5. The van der Waals surface area contributed by atoms with E-state index >= 15 is 0 Å². The highest BCUT2D eigenvalue weighted by Gasteiger charge is 2.02. The zero-order valence-electron chi connectivity index (χ0n) is 12.0. The number of carbonyl (C=O) groups is 1. The van der Waals surface area contributed by atoms with Crippen LogP contribution in [0.5, 0.6) is 0 Å². The number of amides is 1. The molecule has 0 unspecified atom stereocenters. The zero-order valence-corrected chi connectivity index (χ0v) is 12.8. The van der Waals surface area contributed by atoms with Gasteiger partial charge in [0.2, 0.25) is 5.91 Å². The largest absolute Gasteiger partial charge is 0.326 e. The highest BCUT2D eigenvalue weighted by Crippen LogP contribution is 2.14. The van der Waals surface area contributed by atoms with E-state index in [1.165, 1.54) is 12.8 Å². The maximum Gasteiger partial charge on any atom is 0.224 e. The Bertz CT molecular complexity index is 456. The van der Waals surface area contributed by atoms with Gasteiger partial charge in [0.1, 0.15) is 0 Å². The molecule has 1 rings (SSSR count). The number of carbonyl (C=O) groups excluding carboxylic acids is 1. The molecule has 108 valence electrons. The second kappa shape index (κ2) is 10.3. The average molecular weight is 292 g/mol. The van der Waals surface area contributed by atoms with Crippen molar-refractivity contribution in [1.82, 2.24) is 0 Å². The molecule has 1 aromatic carbocycles. The number of rotatable bonds is 8. The lowest BCUT2D eigenvalue weighted by molar-refractivity contribution is -0.116. The minimum Gasteiger partial charge on any atom is -0.326 e. The summed E-state index contributed by atoms with van der Waals surface area (Å²) in [5, 5.41) is 3.55. The van der Waals surface area contributed by atoms with E-state index in [9.17, 15) is 4.79 Å². The molecule has 1 amide bonds. The molecular weight excluding hydrogens is 270 g/mol. The van der Waals surface area contributed by atoms with Crippen LogP contribution in [0.3, 0.4) is 0 Å². The van der Waals surface area contributed by atoms with E-state index in [-0.39, 0.29) is 5.91 Å². The lowest BCUT2D eigenvalue weighted by Crippen LogP contribution is -2.10. The van der Waals surface area contributed by atoms with Crippen LogP contribution in [0.2, 0.25) is 5.02 Å². The van der Waals surface area contributed by atoms with Gasteiger partial charge in [0.15, 0.2) is 0 Å². The summed E-state index contributed by atoms with van der Waals surface area (Å²) >= 11 is 5.79. The lowest BCUT2D eigenvalue weighted by atomic mass is 10.1. The number of hydrogen-bond acceptors (Lipinski definition) is 1. The van der Waals surface area contributed by atoms with Gasteiger partial charge in [0, 0.05) is 23.6 Å². The molecule has 20 heavy (non-hydrogen) atoms. The van der Waals surface area contributed by atoms with Crippen molar-refractivity contribution in [3.63, 3.8) is 0 Å². The SMILES string of the molecule is CC#CCCCCCCCC(=O)Nc1ccc(Cl)cc1. The number of benzene rings is 1. The molecule has 0 spiro atoms. The molecule has 0 atom stereocenters. The third-order valence-corrected chi connectivity index (χ3v) is 3.26. The predicted molar refractivity (Wildman–Crippen MR) is 85.9 cm³/mol. The van der Waals surface area contributed by atoms with Gasteiger partial charge < -0.3 is 5.32 Å². The van der Waals surface area contributed by atoms with E-state index in [1.807, 2.05) is 19.1 Å². The maximum absolute atomic E-state index is 11.7. The molecule has 0 fully saturated rings. The van der Waals surface area contributed by atoms with Crippen LogP contribution in [-0.4, -0.2) is 5.91 Å². The summed E-state index contributed by atoms with van der Waals surface area (Å²) in [5.74, 6) is 6.04. The molecule has 0 heterocycles. The van der Waals surface area contributed by atoms with Crippen LogP contribution < -0.4 is 5.32 Å². The monoisotopic (exact) mass is 291 g/mol. The molecule has 2 nitrogen and oxygen atoms in total. The van der Waals surface area contributed by atoms with Gasteiger partial charge in [-0.2, -0.15) is 0 Å². The number of anilines is 1. The summed E-state index contributed by atoms with van der Waals surface area (Å²) < 4.78 is 0. The second-order valence-corrected chi connectivity index (χ2v) is 5.19. The number of halogens is 1. The third-order valence-electron chi connectivity index (χ3n) is 3.01. The summed E-state index contributed by atoms with van der Waals surface area (Å²) in [6.07, 6.45) is 7.17. The fourth-order valence-corrected chi connectivity index (χ4v) is 2.04. The highest BCUT2D eigenvalue weighted by molar-refractivity contribution is 6.30. The molecule has 0 aromatic heterocycles. The average Bonchev–Trinajstić information content (AvgIpc) is 2.44. The van der Waals surface area contributed by atoms with Gasteiger partial charge in [-0.1, -0.05) is 30.9 Å². The van der Waals surface area contributed by atoms with Crippen molar-refractivity contribution in [3.05, 3.63) is 29.3 Å². The first kappa shape index (κ1) is 16.6. The van der Waals surface area contributed by atoms with Crippen LogP contribution in [-0.2, 0) is 4.79 Å². The van der Waals surface area contributed by atoms with E-state index in [4.69, 9.17) is 11.6 Å². The molecule has 0 aliphatic heterocycles. The minimum absolute atomic E-state index is 0.0733. The zero-order chi connectivity index (χ0) is 14.6. The molecule has 0 bridgehead atoms. The molecule has 0 radical (unpaired) electrons. The minimum atomic E-state index is 0.0733. The van der Waals surface area contributed by atoms with Crippen molar-refractivity contribution < 1.29 is 4.79 Å². The Morgan fingerprint density at radius 3 is 2.45 bits per heavy atom. The van der Waals surface area contributed by atoms with Gasteiger partial charge in [0.05, 0.1) is 0 Å².